The van der Waals surface area contributed by atoms with Crippen LogP contribution in [0.3, 0.4) is 0 Å². The highest BCUT2D eigenvalue weighted by molar-refractivity contribution is 7.89. The molecule has 1 aromatic carbocycles. The summed E-state index contributed by atoms with van der Waals surface area (Å²) < 4.78 is 55.5. The second-order valence-corrected chi connectivity index (χ2v) is 12.1. The van der Waals surface area contributed by atoms with E-state index in [9.17, 15) is 22.0 Å². The number of halogens is 2. The molecule has 3 atom stereocenters. The van der Waals surface area contributed by atoms with Crippen LogP contribution in [-0.2, 0) is 26.0 Å². The number of hydrogen-bond donors (Lipinski definition) is 1. The van der Waals surface area contributed by atoms with Gasteiger partial charge in [-0.2, -0.15) is 13.1 Å². The number of aromatic nitrogens is 2. The van der Waals surface area contributed by atoms with Gasteiger partial charge in [0.2, 0.25) is 5.91 Å². The van der Waals surface area contributed by atoms with E-state index in [0.29, 0.717) is 5.69 Å². The van der Waals surface area contributed by atoms with Crippen molar-refractivity contribution in [1.82, 2.24) is 19.6 Å². The highest BCUT2D eigenvalue weighted by atomic mass is 32.2. The molecule has 1 amide bonds. The predicted octanol–water partition coefficient (Wildman–Crippen LogP) is 3.20. The van der Waals surface area contributed by atoms with Gasteiger partial charge in [0.25, 0.3) is 10.0 Å². The minimum atomic E-state index is -4.65. The van der Waals surface area contributed by atoms with Crippen molar-refractivity contribution < 1.29 is 26.7 Å². The second kappa shape index (κ2) is 11.1. The zero-order valence-electron chi connectivity index (χ0n) is 21.8. The Hall–Kier alpha value is -3.22. The Kier molecular flexibility index (Phi) is 7.79. The molecule has 9 nitrogen and oxygen atoms in total. The molecule has 4 heterocycles. The number of rotatable bonds is 7. The Balaban J connectivity index is 1.28. The number of nitrogens with one attached hydrogen (secondary N) is 1. The number of carbonyl (C=O) groups is 1. The first-order chi connectivity index (χ1) is 18.6. The van der Waals surface area contributed by atoms with E-state index >= 15 is 0 Å². The lowest BCUT2D eigenvalue weighted by molar-refractivity contribution is -0.121. The summed E-state index contributed by atoms with van der Waals surface area (Å²) in [6.07, 6.45) is 2.22. The molecule has 208 valence electrons. The number of carbonyl (C=O) groups excluding carboxylic acids is 1. The number of sulfonamides is 1. The summed E-state index contributed by atoms with van der Waals surface area (Å²) in [6, 6.07) is 13.3. The molecule has 0 aliphatic carbocycles. The van der Waals surface area contributed by atoms with Crippen LogP contribution >= 0.6 is 0 Å². The molecule has 2 aliphatic heterocycles. The van der Waals surface area contributed by atoms with Gasteiger partial charge in [-0.15, -0.1) is 0 Å². The fourth-order valence-corrected chi connectivity index (χ4v) is 6.17. The number of ether oxygens (including phenoxy) is 1. The van der Waals surface area contributed by atoms with Crippen LogP contribution in [0, 0.1) is 0 Å². The molecule has 39 heavy (non-hydrogen) atoms. The average Bonchev–Trinajstić information content (AvgIpc) is 3.37. The Morgan fingerprint density at radius 2 is 1.87 bits per heavy atom. The van der Waals surface area contributed by atoms with Gasteiger partial charge in [-0.3, -0.25) is 9.78 Å². The topological polar surface area (TPSA) is 105 Å². The maximum Gasteiger partial charge on any atom is 0.350 e. The first kappa shape index (κ1) is 27.4. The Bertz CT molecular complexity index is 1460. The molecular formula is C27H31F2N5O4S. The summed E-state index contributed by atoms with van der Waals surface area (Å²) >= 11 is 0. The number of anilines is 1. The molecule has 0 spiro atoms. The second-order valence-electron chi connectivity index (χ2n) is 10.2. The van der Waals surface area contributed by atoms with Crippen molar-refractivity contribution in [3.05, 3.63) is 54.4 Å². The Morgan fingerprint density at radius 3 is 2.62 bits per heavy atom. The van der Waals surface area contributed by atoms with E-state index in [0.717, 1.165) is 45.2 Å². The normalized spacial score (nSPS) is 22.5. The first-order valence-electron chi connectivity index (χ1n) is 12.9. The number of morpholine rings is 1. The van der Waals surface area contributed by atoms with Crippen LogP contribution in [0.1, 0.15) is 26.0 Å². The number of alkyl halides is 2. The van der Waals surface area contributed by atoms with Crippen LogP contribution in [-0.4, -0.2) is 78.8 Å². The third-order valence-corrected chi connectivity index (χ3v) is 8.50. The molecule has 2 saturated heterocycles. The van der Waals surface area contributed by atoms with Crippen LogP contribution in [0.15, 0.2) is 48.7 Å². The third-order valence-electron chi connectivity index (χ3n) is 6.99. The van der Waals surface area contributed by atoms with Gasteiger partial charge >= 0.3 is 5.76 Å². The number of fused-ring (bicyclic) bond motifs is 1. The van der Waals surface area contributed by atoms with E-state index in [1.54, 1.807) is 6.20 Å². The fraction of sp³-hybridized carbons (Fsp3) is 0.444. The molecular weight excluding hydrogens is 528 g/mol. The largest absolute Gasteiger partial charge is 0.372 e. The van der Waals surface area contributed by atoms with Crippen molar-refractivity contribution in [2.75, 3.05) is 31.1 Å². The minimum absolute atomic E-state index is 0.0145. The van der Waals surface area contributed by atoms with Gasteiger partial charge < -0.3 is 15.0 Å². The molecule has 1 N–H and O–H groups in total. The van der Waals surface area contributed by atoms with Crippen molar-refractivity contribution in [3.8, 4) is 11.3 Å². The lowest BCUT2D eigenvalue weighted by Gasteiger charge is -2.36. The van der Waals surface area contributed by atoms with Gasteiger partial charge in [-0.25, -0.2) is 13.4 Å². The van der Waals surface area contributed by atoms with Crippen molar-refractivity contribution in [1.29, 1.82) is 0 Å². The molecule has 0 radical (unpaired) electrons. The number of pyridine rings is 2. The zero-order valence-corrected chi connectivity index (χ0v) is 22.6. The van der Waals surface area contributed by atoms with E-state index in [-0.39, 0.29) is 44.0 Å². The molecule has 5 rings (SSSR count). The lowest BCUT2D eigenvalue weighted by Crippen LogP contribution is -2.45. The monoisotopic (exact) mass is 559 g/mol. The fourth-order valence-electron chi connectivity index (χ4n) is 5.20. The van der Waals surface area contributed by atoms with Crippen molar-refractivity contribution in [2.24, 2.45) is 0 Å². The van der Waals surface area contributed by atoms with Crippen LogP contribution in [0.5, 0.6) is 0 Å². The standard InChI is InChI=1S/C27H31F2N5O4S/c1-17-14-33(15-18(2)38-17)25-5-3-4-24(32-25)19-6-7-20-13-30-23(11-21(20)10-19)12-26(35)31-22-8-9-34(16-22)39(36,37)27(28)29/h3-7,10-11,13,17-18,22,27H,8-9,12,14-16H2,1-2H3,(H,31,35)/t17-,18+,22-/m0/s1. The quantitative estimate of drug-likeness (QED) is 0.474. The molecule has 2 aromatic heterocycles. The Labute approximate surface area is 226 Å². The summed E-state index contributed by atoms with van der Waals surface area (Å²) in [4.78, 5) is 24.2. The number of nitrogens with zero attached hydrogens (tertiary/aromatic N) is 4. The summed E-state index contributed by atoms with van der Waals surface area (Å²) in [7, 11) is -4.65. The zero-order chi connectivity index (χ0) is 27.7. The van der Waals surface area contributed by atoms with Crippen molar-refractivity contribution >= 4 is 32.5 Å². The van der Waals surface area contributed by atoms with Crippen LogP contribution in [0.25, 0.3) is 22.0 Å². The predicted molar refractivity (Wildman–Crippen MR) is 144 cm³/mol. The molecule has 2 fully saturated rings. The molecule has 0 unspecified atom stereocenters. The third kappa shape index (κ3) is 6.18. The maximum atomic E-state index is 12.8. The van der Waals surface area contributed by atoms with Gasteiger partial charge in [0, 0.05) is 49.4 Å². The van der Waals surface area contributed by atoms with Gasteiger partial charge in [-0.05, 0) is 49.9 Å². The SMILES string of the molecule is C[C@@H]1CN(c2cccc(-c3ccc4cnc(CC(=O)N[C@H]5CCN(S(=O)(=O)C(F)F)C5)cc4c3)n2)C[C@H](C)O1. The molecule has 0 bridgehead atoms. The number of benzene rings is 1. The minimum Gasteiger partial charge on any atom is -0.372 e. The first-order valence-corrected chi connectivity index (χ1v) is 14.4. The summed E-state index contributed by atoms with van der Waals surface area (Å²) in [5, 5.41) is 4.56. The lowest BCUT2D eigenvalue weighted by atomic mass is 10.0. The summed E-state index contributed by atoms with van der Waals surface area (Å²) in [6.45, 7) is 5.45. The summed E-state index contributed by atoms with van der Waals surface area (Å²) in [5.74, 6) is -2.92. The van der Waals surface area contributed by atoms with Crippen molar-refractivity contribution in [2.45, 2.75) is 50.7 Å². The molecule has 0 saturated carbocycles. The van der Waals surface area contributed by atoms with Crippen LogP contribution in [0.4, 0.5) is 14.6 Å². The van der Waals surface area contributed by atoms with Gasteiger partial charge in [0.1, 0.15) is 5.82 Å². The maximum absolute atomic E-state index is 12.8. The number of amides is 1. The van der Waals surface area contributed by atoms with E-state index in [1.165, 1.54) is 0 Å². The van der Waals surface area contributed by atoms with E-state index < -0.39 is 21.8 Å². The van der Waals surface area contributed by atoms with E-state index in [2.05, 4.69) is 29.0 Å². The van der Waals surface area contributed by atoms with Gasteiger partial charge in [0.05, 0.1) is 30.0 Å². The van der Waals surface area contributed by atoms with E-state index in [1.807, 2.05) is 42.5 Å². The van der Waals surface area contributed by atoms with Crippen LogP contribution in [0.2, 0.25) is 0 Å². The highest BCUT2D eigenvalue weighted by Gasteiger charge is 2.37. The molecule has 3 aromatic rings. The smallest absolute Gasteiger partial charge is 0.350 e. The Morgan fingerprint density at radius 1 is 1.10 bits per heavy atom. The van der Waals surface area contributed by atoms with Gasteiger partial charge in [-0.1, -0.05) is 18.2 Å². The summed E-state index contributed by atoms with van der Waals surface area (Å²) in [5.41, 5.74) is 2.32. The highest BCUT2D eigenvalue weighted by Crippen LogP contribution is 2.27. The molecule has 2 aliphatic rings. The number of hydrogen-bond acceptors (Lipinski definition) is 7. The average molecular weight is 560 g/mol. The van der Waals surface area contributed by atoms with E-state index in [4.69, 9.17) is 9.72 Å². The van der Waals surface area contributed by atoms with Crippen LogP contribution < -0.4 is 10.2 Å². The van der Waals surface area contributed by atoms with Gasteiger partial charge in [0.15, 0.2) is 0 Å². The van der Waals surface area contributed by atoms with Crippen molar-refractivity contribution in [3.63, 3.8) is 0 Å². The molecule has 12 heteroatoms.